The fraction of sp³-hybridized carbons (Fsp3) is 0.562. The number of nitrogens with one attached hydrogen (secondary N) is 1. The lowest BCUT2D eigenvalue weighted by Crippen LogP contribution is -2.38. The first kappa shape index (κ1) is 17.5. The highest BCUT2D eigenvalue weighted by atomic mass is 16.5. The van der Waals surface area contributed by atoms with Gasteiger partial charge >= 0.3 is 0 Å². The topological polar surface area (TPSA) is 46.1 Å². The minimum Gasteiger partial charge on any atom is -0.382 e. The first-order chi connectivity index (χ1) is 10.3. The summed E-state index contributed by atoms with van der Waals surface area (Å²) < 4.78 is 10.4. The van der Waals surface area contributed by atoms with Gasteiger partial charge in [-0.1, -0.05) is 30.3 Å². The number of nitrogens with zero attached hydrogens (tertiary/aromatic N) is 2. The monoisotopic (exact) mass is 293 g/mol. The van der Waals surface area contributed by atoms with Crippen LogP contribution in [0.5, 0.6) is 0 Å². The van der Waals surface area contributed by atoms with E-state index in [2.05, 4.69) is 46.4 Å². The van der Waals surface area contributed by atoms with Crippen LogP contribution in [0.15, 0.2) is 35.3 Å². The van der Waals surface area contributed by atoms with E-state index in [0.717, 1.165) is 19.0 Å². The predicted molar refractivity (Wildman–Crippen MR) is 86.6 cm³/mol. The van der Waals surface area contributed by atoms with Gasteiger partial charge in [-0.25, -0.2) is 0 Å². The van der Waals surface area contributed by atoms with Gasteiger partial charge < -0.3 is 19.7 Å². The van der Waals surface area contributed by atoms with Crippen LogP contribution >= 0.6 is 0 Å². The fourth-order valence-corrected chi connectivity index (χ4v) is 1.86. The van der Waals surface area contributed by atoms with Crippen LogP contribution in [0.2, 0.25) is 0 Å². The maximum absolute atomic E-state index is 5.42. The molecule has 0 bridgehead atoms. The highest BCUT2D eigenvalue weighted by Crippen LogP contribution is 2.02. The minimum atomic E-state index is 0.609. The molecule has 0 aromatic heterocycles. The van der Waals surface area contributed by atoms with Crippen molar-refractivity contribution in [2.24, 2.45) is 4.99 Å². The Bertz CT molecular complexity index is 396. The fourth-order valence-electron chi connectivity index (χ4n) is 1.86. The summed E-state index contributed by atoms with van der Waals surface area (Å²) in [6, 6.07) is 10.4. The van der Waals surface area contributed by atoms with Gasteiger partial charge in [0.2, 0.25) is 0 Å². The number of methoxy groups -OCH3 is 1. The molecule has 0 spiro atoms. The third kappa shape index (κ3) is 7.68. The summed E-state index contributed by atoms with van der Waals surface area (Å²) in [5.41, 5.74) is 1.27. The standard InChI is InChI=1S/C16H27N3O2/c1-4-17-16(18-10-11-21-13-12-20-3)19(2)14-15-8-6-5-7-9-15/h5-9H,4,10-14H2,1-3H3,(H,17,18). The Morgan fingerprint density at radius 1 is 1.19 bits per heavy atom. The number of aliphatic imine (C=N–C) groups is 1. The first-order valence-electron chi connectivity index (χ1n) is 7.38. The second-order valence-corrected chi connectivity index (χ2v) is 4.68. The summed E-state index contributed by atoms with van der Waals surface area (Å²) in [6.45, 7) is 6.24. The van der Waals surface area contributed by atoms with Crippen LogP contribution < -0.4 is 5.32 Å². The number of benzene rings is 1. The summed E-state index contributed by atoms with van der Waals surface area (Å²) in [6.07, 6.45) is 0. The smallest absolute Gasteiger partial charge is 0.194 e. The van der Waals surface area contributed by atoms with Gasteiger partial charge in [-0.2, -0.15) is 0 Å². The highest BCUT2D eigenvalue weighted by molar-refractivity contribution is 5.79. The first-order valence-corrected chi connectivity index (χ1v) is 7.38. The van der Waals surface area contributed by atoms with Gasteiger partial charge in [-0.05, 0) is 12.5 Å². The largest absolute Gasteiger partial charge is 0.382 e. The Morgan fingerprint density at radius 3 is 2.62 bits per heavy atom. The Labute approximate surface area is 128 Å². The van der Waals surface area contributed by atoms with E-state index in [1.807, 2.05) is 13.1 Å². The van der Waals surface area contributed by atoms with Gasteiger partial charge in [0.05, 0.1) is 26.4 Å². The predicted octanol–water partition coefficient (Wildman–Crippen LogP) is 1.75. The van der Waals surface area contributed by atoms with Crippen molar-refractivity contribution in [3.05, 3.63) is 35.9 Å². The lowest BCUT2D eigenvalue weighted by molar-refractivity contribution is 0.0747. The van der Waals surface area contributed by atoms with Crippen molar-refractivity contribution in [3.8, 4) is 0 Å². The molecular formula is C16H27N3O2. The number of ether oxygens (including phenoxy) is 2. The zero-order valence-electron chi connectivity index (χ0n) is 13.3. The van der Waals surface area contributed by atoms with Crippen LogP contribution in [0, 0.1) is 0 Å². The maximum atomic E-state index is 5.42. The molecule has 0 heterocycles. The third-order valence-corrected chi connectivity index (χ3v) is 2.89. The molecule has 0 radical (unpaired) electrons. The van der Waals surface area contributed by atoms with Crippen LogP contribution in [-0.2, 0) is 16.0 Å². The SMILES string of the molecule is CCNC(=NCCOCCOC)N(C)Cc1ccccc1. The van der Waals surface area contributed by atoms with Crippen LogP contribution in [0.25, 0.3) is 0 Å². The van der Waals surface area contributed by atoms with Gasteiger partial charge in [0.25, 0.3) is 0 Å². The highest BCUT2D eigenvalue weighted by Gasteiger charge is 2.05. The summed E-state index contributed by atoms with van der Waals surface area (Å²) in [5.74, 6) is 0.900. The number of guanidine groups is 1. The van der Waals surface area contributed by atoms with Gasteiger partial charge in [-0.3, -0.25) is 4.99 Å². The average Bonchev–Trinajstić information content (AvgIpc) is 2.50. The number of hydrogen-bond acceptors (Lipinski definition) is 3. The molecule has 0 fully saturated rings. The van der Waals surface area contributed by atoms with Crippen molar-refractivity contribution >= 4 is 5.96 Å². The second kappa shape index (κ2) is 11.1. The molecule has 1 aromatic rings. The minimum absolute atomic E-state index is 0.609. The Kier molecular flexibility index (Phi) is 9.24. The quantitative estimate of drug-likeness (QED) is 0.428. The lowest BCUT2D eigenvalue weighted by Gasteiger charge is -2.22. The Balaban J connectivity index is 2.43. The zero-order valence-corrected chi connectivity index (χ0v) is 13.3. The molecule has 0 aliphatic rings. The van der Waals surface area contributed by atoms with Gasteiger partial charge in [-0.15, -0.1) is 0 Å². The van der Waals surface area contributed by atoms with E-state index in [4.69, 9.17) is 9.47 Å². The van der Waals surface area contributed by atoms with E-state index in [-0.39, 0.29) is 0 Å². The molecule has 1 aromatic carbocycles. The number of hydrogen-bond donors (Lipinski definition) is 1. The summed E-state index contributed by atoms with van der Waals surface area (Å²) in [7, 11) is 3.71. The maximum Gasteiger partial charge on any atom is 0.194 e. The Morgan fingerprint density at radius 2 is 1.95 bits per heavy atom. The van der Waals surface area contributed by atoms with E-state index in [9.17, 15) is 0 Å². The van der Waals surface area contributed by atoms with Crippen molar-refractivity contribution < 1.29 is 9.47 Å². The summed E-state index contributed by atoms with van der Waals surface area (Å²) >= 11 is 0. The molecule has 0 aliphatic heterocycles. The van der Waals surface area contributed by atoms with E-state index in [0.29, 0.717) is 26.4 Å². The molecule has 0 saturated carbocycles. The molecule has 118 valence electrons. The molecule has 1 N–H and O–H groups in total. The van der Waals surface area contributed by atoms with Gasteiger partial charge in [0, 0.05) is 27.2 Å². The third-order valence-electron chi connectivity index (χ3n) is 2.89. The molecule has 0 unspecified atom stereocenters. The van der Waals surface area contributed by atoms with E-state index in [1.54, 1.807) is 7.11 Å². The second-order valence-electron chi connectivity index (χ2n) is 4.68. The molecule has 0 saturated heterocycles. The molecule has 21 heavy (non-hydrogen) atoms. The van der Waals surface area contributed by atoms with E-state index < -0.39 is 0 Å². The van der Waals surface area contributed by atoms with E-state index >= 15 is 0 Å². The van der Waals surface area contributed by atoms with Gasteiger partial charge in [0.1, 0.15) is 0 Å². The molecule has 0 aliphatic carbocycles. The molecule has 0 amide bonds. The average molecular weight is 293 g/mol. The van der Waals surface area contributed by atoms with Crippen LogP contribution in [0.1, 0.15) is 12.5 Å². The zero-order chi connectivity index (χ0) is 15.3. The Hall–Kier alpha value is -1.59. The van der Waals surface area contributed by atoms with Crippen LogP contribution in [0.4, 0.5) is 0 Å². The normalized spacial score (nSPS) is 11.5. The van der Waals surface area contributed by atoms with Crippen LogP contribution in [0.3, 0.4) is 0 Å². The number of rotatable bonds is 9. The van der Waals surface area contributed by atoms with Crippen molar-refractivity contribution in [2.45, 2.75) is 13.5 Å². The molecule has 1 rings (SSSR count). The molecule has 5 heteroatoms. The summed E-state index contributed by atoms with van der Waals surface area (Å²) in [4.78, 5) is 6.69. The van der Waals surface area contributed by atoms with Crippen molar-refractivity contribution in [3.63, 3.8) is 0 Å². The van der Waals surface area contributed by atoms with Crippen molar-refractivity contribution in [1.29, 1.82) is 0 Å². The molecule has 0 atom stereocenters. The van der Waals surface area contributed by atoms with Gasteiger partial charge in [0.15, 0.2) is 5.96 Å². The molecular weight excluding hydrogens is 266 g/mol. The summed E-state index contributed by atoms with van der Waals surface area (Å²) in [5, 5.41) is 3.30. The molecule has 5 nitrogen and oxygen atoms in total. The van der Waals surface area contributed by atoms with E-state index in [1.165, 1.54) is 5.56 Å². The van der Waals surface area contributed by atoms with Crippen LogP contribution in [-0.4, -0.2) is 57.9 Å². The van der Waals surface area contributed by atoms with Crippen molar-refractivity contribution in [1.82, 2.24) is 10.2 Å². The van der Waals surface area contributed by atoms with Crippen molar-refractivity contribution in [2.75, 3.05) is 47.1 Å². The lowest BCUT2D eigenvalue weighted by atomic mass is 10.2.